The summed E-state index contributed by atoms with van der Waals surface area (Å²) in [6.45, 7) is 8.81. The summed E-state index contributed by atoms with van der Waals surface area (Å²) in [6, 6.07) is 19.3. The van der Waals surface area contributed by atoms with Crippen LogP contribution in [0.4, 0.5) is 5.82 Å². The molecule has 0 aliphatic carbocycles. The maximum absolute atomic E-state index is 13.2. The van der Waals surface area contributed by atoms with Gasteiger partial charge in [0.2, 0.25) is 5.91 Å². The maximum Gasteiger partial charge on any atom is 0.271 e. The molecule has 1 atom stereocenters. The van der Waals surface area contributed by atoms with Gasteiger partial charge in [0.15, 0.2) is 0 Å². The highest BCUT2D eigenvalue weighted by molar-refractivity contribution is 5.84. The standard InChI is InChI=1S/C26H30N4O2/c1-4-23(21-8-6-5-7-9-21)26(32)29-16-14-28(15-17-29)24-12-13-25(31)30(27-24)22-11-10-19(2)20(3)18-22/h5-13,18,23H,4,14-17H2,1-3H3/t23-/m0/s1. The Morgan fingerprint density at radius 2 is 1.66 bits per heavy atom. The van der Waals surface area contributed by atoms with Crippen LogP contribution < -0.4 is 10.5 Å². The fourth-order valence-electron chi connectivity index (χ4n) is 4.23. The molecule has 6 heteroatoms. The summed E-state index contributed by atoms with van der Waals surface area (Å²) in [5, 5.41) is 4.63. The fraction of sp³-hybridized carbons (Fsp3) is 0.346. The minimum absolute atomic E-state index is 0.104. The van der Waals surface area contributed by atoms with Crippen LogP contribution in [0.3, 0.4) is 0 Å². The molecule has 0 spiro atoms. The quantitative estimate of drug-likeness (QED) is 0.619. The summed E-state index contributed by atoms with van der Waals surface area (Å²) >= 11 is 0. The van der Waals surface area contributed by atoms with E-state index in [9.17, 15) is 9.59 Å². The molecule has 3 aromatic rings. The Morgan fingerprint density at radius 3 is 2.31 bits per heavy atom. The number of hydrogen-bond acceptors (Lipinski definition) is 4. The molecule has 1 aromatic heterocycles. The van der Waals surface area contributed by atoms with Gasteiger partial charge in [0.1, 0.15) is 5.82 Å². The van der Waals surface area contributed by atoms with E-state index in [-0.39, 0.29) is 17.4 Å². The van der Waals surface area contributed by atoms with Gasteiger partial charge in [0.05, 0.1) is 11.6 Å². The summed E-state index contributed by atoms with van der Waals surface area (Å²) < 4.78 is 1.46. The van der Waals surface area contributed by atoms with E-state index >= 15 is 0 Å². The predicted molar refractivity (Wildman–Crippen MR) is 128 cm³/mol. The molecule has 2 heterocycles. The third-order valence-electron chi connectivity index (χ3n) is 6.34. The summed E-state index contributed by atoms with van der Waals surface area (Å²) in [7, 11) is 0. The van der Waals surface area contributed by atoms with E-state index in [1.54, 1.807) is 12.1 Å². The number of benzene rings is 2. The number of hydrogen-bond donors (Lipinski definition) is 0. The van der Waals surface area contributed by atoms with E-state index in [0.29, 0.717) is 26.2 Å². The van der Waals surface area contributed by atoms with Crippen molar-refractivity contribution in [3.05, 3.63) is 87.7 Å². The van der Waals surface area contributed by atoms with Gasteiger partial charge in [-0.05, 0) is 55.2 Å². The van der Waals surface area contributed by atoms with E-state index < -0.39 is 0 Å². The summed E-state index contributed by atoms with van der Waals surface area (Å²) in [4.78, 5) is 29.7. The van der Waals surface area contributed by atoms with Gasteiger partial charge in [0.25, 0.3) is 5.56 Å². The van der Waals surface area contributed by atoms with Crippen LogP contribution >= 0.6 is 0 Å². The third kappa shape index (κ3) is 4.44. The molecule has 1 aliphatic rings. The van der Waals surface area contributed by atoms with Crippen LogP contribution in [-0.2, 0) is 4.79 Å². The van der Waals surface area contributed by atoms with Crippen molar-refractivity contribution < 1.29 is 4.79 Å². The zero-order valence-corrected chi connectivity index (χ0v) is 19.0. The normalized spacial score (nSPS) is 15.0. The lowest BCUT2D eigenvalue weighted by molar-refractivity contribution is -0.133. The number of aromatic nitrogens is 2. The number of anilines is 1. The highest BCUT2D eigenvalue weighted by atomic mass is 16.2. The zero-order chi connectivity index (χ0) is 22.7. The second-order valence-corrected chi connectivity index (χ2v) is 8.39. The number of carbonyl (C=O) groups is 1. The zero-order valence-electron chi connectivity index (χ0n) is 19.0. The lowest BCUT2D eigenvalue weighted by Crippen LogP contribution is -2.50. The Bertz CT molecular complexity index is 1150. The first kappa shape index (κ1) is 21.8. The van der Waals surface area contributed by atoms with E-state index in [2.05, 4.69) is 16.9 Å². The van der Waals surface area contributed by atoms with Gasteiger partial charge in [-0.3, -0.25) is 9.59 Å². The number of carbonyl (C=O) groups excluding carboxylic acids is 1. The molecule has 32 heavy (non-hydrogen) atoms. The predicted octanol–water partition coefficient (Wildman–Crippen LogP) is 3.69. The van der Waals surface area contributed by atoms with Crippen molar-refractivity contribution in [1.29, 1.82) is 0 Å². The molecule has 0 bridgehead atoms. The highest BCUT2D eigenvalue weighted by Gasteiger charge is 2.28. The molecule has 2 aromatic carbocycles. The molecule has 1 amide bonds. The first-order chi connectivity index (χ1) is 15.5. The molecule has 166 valence electrons. The lowest BCUT2D eigenvalue weighted by atomic mass is 9.95. The molecule has 0 N–H and O–H groups in total. The Balaban J connectivity index is 1.48. The van der Waals surface area contributed by atoms with Crippen molar-refractivity contribution in [2.45, 2.75) is 33.1 Å². The molecule has 4 rings (SSSR count). The van der Waals surface area contributed by atoms with E-state index in [1.807, 2.05) is 67.3 Å². The first-order valence-corrected chi connectivity index (χ1v) is 11.2. The van der Waals surface area contributed by atoms with Crippen LogP contribution in [0.25, 0.3) is 5.69 Å². The van der Waals surface area contributed by atoms with E-state index in [1.165, 1.54) is 10.2 Å². The topological polar surface area (TPSA) is 58.4 Å². The van der Waals surface area contributed by atoms with Crippen molar-refractivity contribution >= 4 is 11.7 Å². The van der Waals surface area contributed by atoms with Crippen LogP contribution in [0, 0.1) is 13.8 Å². The van der Waals surface area contributed by atoms with Crippen LogP contribution in [0.1, 0.15) is 36.0 Å². The van der Waals surface area contributed by atoms with Crippen LogP contribution in [0.2, 0.25) is 0 Å². The number of rotatable bonds is 5. The van der Waals surface area contributed by atoms with Crippen LogP contribution in [0.5, 0.6) is 0 Å². The average Bonchev–Trinajstić information content (AvgIpc) is 2.82. The molecule has 0 saturated carbocycles. The van der Waals surface area contributed by atoms with Gasteiger partial charge in [-0.1, -0.05) is 43.3 Å². The summed E-state index contributed by atoms with van der Waals surface area (Å²) in [5.41, 5.74) is 3.99. The highest BCUT2D eigenvalue weighted by Crippen LogP contribution is 2.23. The molecule has 1 aliphatic heterocycles. The van der Waals surface area contributed by atoms with Crippen molar-refractivity contribution in [3.63, 3.8) is 0 Å². The Labute approximate surface area is 189 Å². The minimum Gasteiger partial charge on any atom is -0.352 e. The van der Waals surface area contributed by atoms with Crippen molar-refractivity contribution in [3.8, 4) is 5.69 Å². The lowest BCUT2D eigenvalue weighted by Gasteiger charge is -2.37. The van der Waals surface area contributed by atoms with Gasteiger partial charge in [0, 0.05) is 32.2 Å². The van der Waals surface area contributed by atoms with Crippen molar-refractivity contribution in [2.75, 3.05) is 31.1 Å². The number of aryl methyl sites for hydroxylation is 2. The SMILES string of the molecule is CC[C@H](C(=O)N1CCN(c2ccc(=O)n(-c3ccc(C)c(C)c3)n2)CC1)c1ccccc1. The Hall–Kier alpha value is -3.41. The third-order valence-corrected chi connectivity index (χ3v) is 6.34. The van der Waals surface area contributed by atoms with Gasteiger partial charge >= 0.3 is 0 Å². The Kier molecular flexibility index (Phi) is 6.40. The fourth-order valence-corrected chi connectivity index (χ4v) is 4.23. The number of piperazine rings is 1. The maximum atomic E-state index is 13.2. The smallest absolute Gasteiger partial charge is 0.271 e. The molecule has 1 saturated heterocycles. The van der Waals surface area contributed by atoms with Gasteiger partial charge in [-0.25, -0.2) is 0 Å². The average molecular weight is 431 g/mol. The molecular weight excluding hydrogens is 400 g/mol. The molecular formula is C26H30N4O2. The molecule has 0 unspecified atom stereocenters. The van der Waals surface area contributed by atoms with Crippen LogP contribution in [-0.4, -0.2) is 46.8 Å². The molecule has 1 fully saturated rings. The molecule has 0 radical (unpaired) electrons. The number of amides is 1. The van der Waals surface area contributed by atoms with Crippen molar-refractivity contribution in [1.82, 2.24) is 14.7 Å². The van der Waals surface area contributed by atoms with Crippen molar-refractivity contribution in [2.24, 2.45) is 0 Å². The first-order valence-electron chi connectivity index (χ1n) is 11.2. The number of nitrogens with zero attached hydrogens (tertiary/aromatic N) is 4. The summed E-state index contributed by atoms with van der Waals surface area (Å²) in [5.74, 6) is 0.837. The van der Waals surface area contributed by atoms with Gasteiger partial charge in [-0.2, -0.15) is 4.68 Å². The largest absolute Gasteiger partial charge is 0.352 e. The second-order valence-electron chi connectivity index (χ2n) is 8.39. The van der Waals surface area contributed by atoms with Gasteiger partial charge < -0.3 is 9.80 Å². The molecule has 6 nitrogen and oxygen atoms in total. The van der Waals surface area contributed by atoms with Gasteiger partial charge in [-0.15, -0.1) is 5.10 Å². The monoisotopic (exact) mass is 430 g/mol. The van der Waals surface area contributed by atoms with E-state index in [0.717, 1.165) is 29.1 Å². The van der Waals surface area contributed by atoms with Crippen LogP contribution in [0.15, 0.2) is 65.5 Å². The minimum atomic E-state index is -0.153. The second kappa shape index (κ2) is 9.39. The van der Waals surface area contributed by atoms with E-state index in [4.69, 9.17) is 0 Å². The summed E-state index contributed by atoms with van der Waals surface area (Å²) in [6.07, 6.45) is 0.783. The Morgan fingerprint density at radius 1 is 0.938 bits per heavy atom.